The number of methoxy groups -OCH3 is 1. The summed E-state index contributed by atoms with van der Waals surface area (Å²) in [5.41, 5.74) is 2.50. The molecule has 0 aliphatic rings. The zero-order chi connectivity index (χ0) is 16.8. The summed E-state index contributed by atoms with van der Waals surface area (Å²) in [6.07, 6.45) is 0. The summed E-state index contributed by atoms with van der Waals surface area (Å²) >= 11 is 5.95. The van der Waals surface area contributed by atoms with Crippen LogP contribution in [0.25, 0.3) is 0 Å². The van der Waals surface area contributed by atoms with Crippen molar-refractivity contribution in [1.82, 2.24) is 5.32 Å². The van der Waals surface area contributed by atoms with E-state index in [0.717, 1.165) is 5.56 Å². The van der Waals surface area contributed by atoms with E-state index >= 15 is 0 Å². The molecule has 0 bridgehead atoms. The van der Waals surface area contributed by atoms with Gasteiger partial charge in [0.05, 0.1) is 18.2 Å². The predicted molar refractivity (Wildman–Crippen MR) is 90.0 cm³/mol. The van der Waals surface area contributed by atoms with Crippen LogP contribution < -0.4 is 10.6 Å². The summed E-state index contributed by atoms with van der Waals surface area (Å²) in [5, 5.41) is 6.25. The van der Waals surface area contributed by atoms with Crippen LogP contribution in [-0.2, 0) is 11.3 Å². The molecule has 0 saturated carbocycles. The van der Waals surface area contributed by atoms with Crippen LogP contribution >= 0.6 is 11.6 Å². The highest BCUT2D eigenvalue weighted by atomic mass is 35.5. The maximum Gasteiger partial charge on any atom is 0.337 e. The van der Waals surface area contributed by atoms with Crippen molar-refractivity contribution in [3.05, 3.63) is 64.2 Å². The fourth-order valence-electron chi connectivity index (χ4n) is 2.12. The molecular formula is C17H17ClN2O3. The maximum atomic E-state index is 11.9. The van der Waals surface area contributed by atoms with Gasteiger partial charge in [0.1, 0.15) is 0 Å². The Hall–Kier alpha value is -2.53. The van der Waals surface area contributed by atoms with Crippen molar-refractivity contribution in [2.75, 3.05) is 19.5 Å². The highest BCUT2D eigenvalue weighted by Crippen LogP contribution is 2.21. The molecule has 6 heteroatoms. The Kier molecular flexibility index (Phi) is 5.60. The third-order valence-electron chi connectivity index (χ3n) is 3.28. The number of carbonyl (C=O) groups excluding carboxylic acids is 2. The minimum Gasteiger partial charge on any atom is -0.465 e. The monoisotopic (exact) mass is 332 g/mol. The summed E-state index contributed by atoms with van der Waals surface area (Å²) in [6.45, 7) is 0.455. The van der Waals surface area contributed by atoms with Gasteiger partial charge in [0, 0.05) is 24.3 Å². The number of hydrogen-bond acceptors (Lipinski definition) is 4. The minimum absolute atomic E-state index is 0.224. The number of benzene rings is 2. The van der Waals surface area contributed by atoms with Gasteiger partial charge in [-0.3, -0.25) is 4.79 Å². The van der Waals surface area contributed by atoms with Gasteiger partial charge in [-0.25, -0.2) is 4.79 Å². The van der Waals surface area contributed by atoms with Crippen molar-refractivity contribution in [3.63, 3.8) is 0 Å². The van der Waals surface area contributed by atoms with Crippen molar-refractivity contribution >= 4 is 29.2 Å². The Morgan fingerprint density at radius 2 is 1.96 bits per heavy atom. The van der Waals surface area contributed by atoms with Crippen molar-refractivity contribution in [2.24, 2.45) is 0 Å². The molecule has 2 aromatic carbocycles. The number of carbonyl (C=O) groups is 2. The molecule has 0 unspecified atom stereocenters. The summed E-state index contributed by atoms with van der Waals surface area (Å²) in [4.78, 5) is 23.5. The van der Waals surface area contributed by atoms with E-state index in [1.807, 2.05) is 6.07 Å². The van der Waals surface area contributed by atoms with E-state index in [1.54, 1.807) is 43.4 Å². The molecule has 0 aromatic heterocycles. The lowest BCUT2D eigenvalue weighted by atomic mass is 10.1. The number of ether oxygens (including phenoxy) is 1. The molecule has 0 spiro atoms. The molecule has 0 radical (unpaired) electrons. The lowest BCUT2D eigenvalue weighted by Gasteiger charge is -2.12. The topological polar surface area (TPSA) is 67.4 Å². The lowest BCUT2D eigenvalue weighted by molar-refractivity contribution is 0.0600. The first-order valence-electron chi connectivity index (χ1n) is 6.98. The van der Waals surface area contributed by atoms with E-state index in [9.17, 15) is 9.59 Å². The lowest BCUT2D eigenvalue weighted by Crippen LogP contribution is -2.19. The summed E-state index contributed by atoms with van der Waals surface area (Å²) in [5.74, 6) is -0.609. The molecule has 0 heterocycles. The van der Waals surface area contributed by atoms with Crippen LogP contribution in [0, 0.1) is 0 Å². The van der Waals surface area contributed by atoms with Gasteiger partial charge in [0.25, 0.3) is 5.91 Å². The number of nitrogens with one attached hydrogen (secondary N) is 2. The first-order valence-corrected chi connectivity index (χ1v) is 7.35. The van der Waals surface area contributed by atoms with Gasteiger partial charge in [-0.2, -0.15) is 0 Å². The zero-order valence-corrected chi connectivity index (χ0v) is 13.6. The average molecular weight is 333 g/mol. The molecule has 2 aromatic rings. The number of rotatable bonds is 5. The molecule has 0 fully saturated rings. The Morgan fingerprint density at radius 3 is 2.65 bits per heavy atom. The largest absolute Gasteiger partial charge is 0.465 e. The van der Waals surface area contributed by atoms with Crippen molar-refractivity contribution in [3.8, 4) is 0 Å². The van der Waals surface area contributed by atoms with Crippen molar-refractivity contribution in [1.29, 1.82) is 0 Å². The number of amides is 1. The Labute approximate surface area is 139 Å². The van der Waals surface area contributed by atoms with Gasteiger partial charge in [-0.05, 0) is 35.9 Å². The maximum absolute atomic E-state index is 11.9. The number of anilines is 1. The smallest absolute Gasteiger partial charge is 0.337 e. The average Bonchev–Trinajstić information content (AvgIpc) is 2.59. The molecular weight excluding hydrogens is 316 g/mol. The third-order valence-corrected chi connectivity index (χ3v) is 3.52. The van der Waals surface area contributed by atoms with Gasteiger partial charge in [0.15, 0.2) is 0 Å². The highest BCUT2D eigenvalue weighted by Gasteiger charge is 2.11. The fraction of sp³-hybridized carbons (Fsp3) is 0.176. The predicted octanol–water partition coefficient (Wildman–Crippen LogP) is 3.10. The molecule has 2 rings (SSSR count). The van der Waals surface area contributed by atoms with Crippen LogP contribution in [-0.4, -0.2) is 26.0 Å². The zero-order valence-electron chi connectivity index (χ0n) is 12.9. The van der Waals surface area contributed by atoms with Gasteiger partial charge >= 0.3 is 5.97 Å². The van der Waals surface area contributed by atoms with E-state index in [1.165, 1.54) is 7.11 Å². The number of halogens is 1. The molecule has 0 aliphatic carbocycles. The van der Waals surface area contributed by atoms with Crippen LogP contribution in [0.3, 0.4) is 0 Å². The van der Waals surface area contributed by atoms with E-state index in [4.69, 9.17) is 16.3 Å². The van der Waals surface area contributed by atoms with Gasteiger partial charge in [-0.1, -0.05) is 23.7 Å². The van der Waals surface area contributed by atoms with Crippen LogP contribution in [0.5, 0.6) is 0 Å². The molecule has 0 saturated heterocycles. The summed E-state index contributed by atoms with van der Waals surface area (Å²) in [6, 6.07) is 12.2. The fourth-order valence-corrected chi connectivity index (χ4v) is 2.29. The highest BCUT2D eigenvalue weighted by molar-refractivity contribution is 6.31. The molecule has 120 valence electrons. The van der Waals surface area contributed by atoms with Crippen molar-refractivity contribution in [2.45, 2.75) is 6.54 Å². The molecule has 0 aliphatic heterocycles. The molecule has 2 N–H and O–H groups in total. The molecule has 23 heavy (non-hydrogen) atoms. The van der Waals surface area contributed by atoms with Crippen LogP contribution in [0.15, 0.2) is 42.5 Å². The molecule has 1 amide bonds. The number of esters is 1. The summed E-state index contributed by atoms with van der Waals surface area (Å²) in [7, 11) is 2.91. The minimum atomic E-state index is -0.385. The molecule has 5 nitrogen and oxygen atoms in total. The second kappa shape index (κ2) is 7.65. The van der Waals surface area contributed by atoms with Gasteiger partial charge in [-0.15, -0.1) is 0 Å². The van der Waals surface area contributed by atoms with Gasteiger partial charge < -0.3 is 15.4 Å². The first-order chi connectivity index (χ1) is 11.0. The van der Waals surface area contributed by atoms with Crippen molar-refractivity contribution < 1.29 is 14.3 Å². The van der Waals surface area contributed by atoms with Crippen LogP contribution in [0.4, 0.5) is 5.69 Å². The quantitative estimate of drug-likeness (QED) is 0.826. The first kappa shape index (κ1) is 16.8. The van der Waals surface area contributed by atoms with E-state index < -0.39 is 0 Å². The molecule has 0 atom stereocenters. The van der Waals surface area contributed by atoms with E-state index in [-0.39, 0.29) is 11.9 Å². The normalized spacial score (nSPS) is 10.0. The third kappa shape index (κ3) is 4.23. The summed E-state index contributed by atoms with van der Waals surface area (Å²) < 4.78 is 4.71. The van der Waals surface area contributed by atoms with Gasteiger partial charge in [0.2, 0.25) is 0 Å². The van der Waals surface area contributed by atoms with E-state index in [2.05, 4.69) is 10.6 Å². The Bertz CT molecular complexity index is 732. The standard InChI is InChI=1S/C17H17ClN2O3/c1-19-16(21)14-9-13(18)6-7-15(14)20-10-11-4-3-5-12(8-11)17(22)23-2/h3-9,20H,10H2,1-2H3,(H,19,21). The van der Waals surface area contributed by atoms with E-state index in [0.29, 0.717) is 28.4 Å². The Balaban J connectivity index is 2.18. The Morgan fingerprint density at radius 1 is 1.17 bits per heavy atom. The SMILES string of the molecule is CNC(=O)c1cc(Cl)ccc1NCc1cccc(C(=O)OC)c1. The second-order valence-corrected chi connectivity index (χ2v) is 5.25. The van der Waals surface area contributed by atoms with Crippen LogP contribution in [0.1, 0.15) is 26.3 Å². The number of hydrogen-bond donors (Lipinski definition) is 2. The van der Waals surface area contributed by atoms with Crippen LogP contribution in [0.2, 0.25) is 5.02 Å². The second-order valence-electron chi connectivity index (χ2n) is 4.81.